The lowest BCUT2D eigenvalue weighted by atomic mass is 9.95. The predicted octanol–water partition coefficient (Wildman–Crippen LogP) is 1.45. The summed E-state index contributed by atoms with van der Waals surface area (Å²) >= 11 is 0. The molecule has 1 rings (SSSR count). The highest BCUT2D eigenvalue weighted by Crippen LogP contribution is 2.15. The lowest BCUT2D eigenvalue weighted by Crippen LogP contribution is -2.36. The second-order valence-electron chi connectivity index (χ2n) is 5.09. The summed E-state index contributed by atoms with van der Waals surface area (Å²) in [5.41, 5.74) is 0. The number of methoxy groups -OCH3 is 1. The van der Waals surface area contributed by atoms with Gasteiger partial charge in [0.1, 0.15) is 0 Å². The fraction of sp³-hybridized carbons (Fsp3) is 0.923. The van der Waals surface area contributed by atoms with Gasteiger partial charge in [0, 0.05) is 19.8 Å². The van der Waals surface area contributed by atoms with Gasteiger partial charge in [-0.05, 0) is 31.2 Å². The summed E-state index contributed by atoms with van der Waals surface area (Å²) in [5, 5.41) is 3.40. The van der Waals surface area contributed by atoms with Gasteiger partial charge in [-0.25, -0.2) is 0 Å². The minimum Gasteiger partial charge on any atom is -0.469 e. The second kappa shape index (κ2) is 7.67. The Morgan fingerprint density at radius 2 is 2.06 bits per heavy atom. The van der Waals surface area contributed by atoms with E-state index in [4.69, 9.17) is 9.47 Å². The lowest BCUT2D eigenvalue weighted by Gasteiger charge is -2.24. The number of carbonyl (C=O) groups excluding carboxylic acids is 1. The topological polar surface area (TPSA) is 47.6 Å². The van der Waals surface area contributed by atoms with E-state index in [0.717, 1.165) is 32.6 Å². The fourth-order valence-corrected chi connectivity index (χ4v) is 2.14. The van der Waals surface area contributed by atoms with Crippen LogP contribution in [-0.4, -0.2) is 39.4 Å². The van der Waals surface area contributed by atoms with Gasteiger partial charge in [0.05, 0.1) is 13.0 Å². The molecule has 0 aromatic heterocycles. The molecule has 1 aliphatic heterocycles. The molecular formula is C13H25NO3. The zero-order valence-corrected chi connectivity index (χ0v) is 11.2. The number of ether oxygens (including phenoxy) is 2. The number of carbonyl (C=O) groups is 1. The Hall–Kier alpha value is -0.610. The summed E-state index contributed by atoms with van der Waals surface area (Å²) in [6.45, 7) is 7.54. The number of hydrogen-bond donors (Lipinski definition) is 1. The molecule has 0 aromatic carbocycles. The van der Waals surface area contributed by atoms with Gasteiger partial charge in [-0.1, -0.05) is 13.8 Å². The van der Waals surface area contributed by atoms with Gasteiger partial charge in [0.15, 0.2) is 0 Å². The second-order valence-corrected chi connectivity index (χ2v) is 5.09. The van der Waals surface area contributed by atoms with Crippen LogP contribution in [-0.2, 0) is 14.3 Å². The molecule has 0 aliphatic carbocycles. The third kappa shape index (κ3) is 5.04. The number of hydrogen-bond acceptors (Lipinski definition) is 4. The van der Waals surface area contributed by atoms with Gasteiger partial charge in [0.2, 0.25) is 0 Å². The van der Waals surface area contributed by atoms with Crippen LogP contribution in [0.1, 0.15) is 26.7 Å². The first-order valence-corrected chi connectivity index (χ1v) is 6.51. The van der Waals surface area contributed by atoms with E-state index < -0.39 is 0 Å². The third-order valence-corrected chi connectivity index (χ3v) is 3.45. The van der Waals surface area contributed by atoms with E-state index in [2.05, 4.69) is 19.2 Å². The molecule has 0 aromatic rings. The molecule has 0 saturated carbocycles. The molecule has 1 atom stereocenters. The Morgan fingerprint density at radius 3 is 2.59 bits per heavy atom. The molecule has 1 aliphatic rings. The molecule has 0 bridgehead atoms. The van der Waals surface area contributed by atoms with Crippen molar-refractivity contribution in [3.63, 3.8) is 0 Å². The largest absolute Gasteiger partial charge is 0.469 e. The molecule has 1 saturated heterocycles. The van der Waals surface area contributed by atoms with E-state index in [1.165, 1.54) is 7.11 Å². The van der Waals surface area contributed by atoms with Crippen molar-refractivity contribution in [1.29, 1.82) is 0 Å². The van der Waals surface area contributed by atoms with Crippen LogP contribution in [0.3, 0.4) is 0 Å². The molecule has 4 heteroatoms. The maximum absolute atomic E-state index is 11.6. The smallest absolute Gasteiger partial charge is 0.310 e. The Morgan fingerprint density at radius 1 is 1.41 bits per heavy atom. The maximum Gasteiger partial charge on any atom is 0.310 e. The molecule has 1 heterocycles. The van der Waals surface area contributed by atoms with Gasteiger partial charge in [0.25, 0.3) is 0 Å². The van der Waals surface area contributed by atoms with E-state index in [9.17, 15) is 4.79 Å². The van der Waals surface area contributed by atoms with Crippen molar-refractivity contribution >= 4 is 5.97 Å². The molecule has 1 fully saturated rings. The summed E-state index contributed by atoms with van der Waals surface area (Å²) < 4.78 is 10.1. The first-order valence-electron chi connectivity index (χ1n) is 6.51. The van der Waals surface area contributed by atoms with Gasteiger partial charge >= 0.3 is 5.97 Å². The van der Waals surface area contributed by atoms with E-state index in [-0.39, 0.29) is 11.9 Å². The number of esters is 1. The highest BCUT2D eigenvalue weighted by atomic mass is 16.5. The monoisotopic (exact) mass is 243 g/mol. The molecule has 0 spiro atoms. The van der Waals surface area contributed by atoms with Crippen LogP contribution in [0.2, 0.25) is 0 Å². The number of rotatable bonds is 6. The Balaban J connectivity index is 2.24. The van der Waals surface area contributed by atoms with Crippen LogP contribution in [0.4, 0.5) is 0 Å². The Labute approximate surface area is 104 Å². The summed E-state index contributed by atoms with van der Waals surface area (Å²) in [4.78, 5) is 11.6. The normalized spacial score (nSPS) is 19.3. The average molecular weight is 243 g/mol. The van der Waals surface area contributed by atoms with Gasteiger partial charge < -0.3 is 14.8 Å². The van der Waals surface area contributed by atoms with Crippen molar-refractivity contribution in [2.24, 2.45) is 17.8 Å². The molecular weight excluding hydrogens is 218 g/mol. The average Bonchev–Trinajstić information content (AvgIpc) is 2.34. The highest BCUT2D eigenvalue weighted by molar-refractivity contribution is 5.72. The van der Waals surface area contributed by atoms with Crippen molar-refractivity contribution in [3.8, 4) is 0 Å². The molecule has 0 radical (unpaired) electrons. The quantitative estimate of drug-likeness (QED) is 0.717. The molecule has 1 N–H and O–H groups in total. The van der Waals surface area contributed by atoms with Crippen LogP contribution < -0.4 is 5.32 Å². The SMILES string of the molecule is COC(=O)C(CNCC1CCOCC1)C(C)C. The molecule has 0 amide bonds. The van der Waals surface area contributed by atoms with Crippen molar-refractivity contribution in [3.05, 3.63) is 0 Å². The van der Waals surface area contributed by atoms with Crippen molar-refractivity contribution < 1.29 is 14.3 Å². The molecule has 17 heavy (non-hydrogen) atoms. The van der Waals surface area contributed by atoms with E-state index in [0.29, 0.717) is 18.4 Å². The van der Waals surface area contributed by atoms with E-state index in [1.807, 2.05) is 0 Å². The molecule has 4 nitrogen and oxygen atoms in total. The minimum atomic E-state index is -0.112. The predicted molar refractivity (Wildman–Crippen MR) is 66.8 cm³/mol. The highest BCUT2D eigenvalue weighted by Gasteiger charge is 2.23. The maximum atomic E-state index is 11.6. The standard InChI is InChI=1S/C13H25NO3/c1-10(2)12(13(15)16-3)9-14-8-11-4-6-17-7-5-11/h10-12,14H,4-9H2,1-3H3. The fourth-order valence-electron chi connectivity index (χ4n) is 2.14. The van der Waals surface area contributed by atoms with Gasteiger partial charge in [-0.3, -0.25) is 4.79 Å². The Bertz CT molecular complexity index is 225. The van der Waals surface area contributed by atoms with Gasteiger partial charge in [-0.2, -0.15) is 0 Å². The van der Waals surface area contributed by atoms with Crippen molar-refractivity contribution in [2.75, 3.05) is 33.4 Å². The van der Waals surface area contributed by atoms with Crippen molar-refractivity contribution in [1.82, 2.24) is 5.32 Å². The van der Waals surface area contributed by atoms with Crippen LogP contribution in [0, 0.1) is 17.8 Å². The summed E-state index contributed by atoms with van der Waals surface area (Å²) in [5.74, 6) is 0.846. The van der Waals surface area contributed by atoms with E-state index >= 15 is 0 Å². The summed E-state index contributed by atoms with van der Waals surface area (Å²) in [6, 6.07) is 0. The minimum absolute atomic E-state index is 0.0418. The molecule has 100 valence electrons. The van der Waals surface area contributed by atoms with Crippen LogP contribution in [0.5, 0.6) is 0 Å². The first kappa shape index (κ1) is 14.5. The van der Waals surface area contributed by atoms with E-state index in [1.54, 1.807) is 0 Å². The van der Waals surface area contributed by atoms with Gasteiger partial charge in [-0.15, -0.1) is 0 Å². The first-order chi connectivity index (χ1) is 8.15. The van der Waals surface area contributed by atoms with Crippen LogP contribution in [0.25, 0.3) is 0 Å². The summed E-state index contributed by atoms with van der Waals surface area (Å²) in [6.07, 6.45) is 2.25. The zero-order chi connectivity index (χ0) is 12.7. The molecule has 1 unspecified atom stereocenters. The number of nitrogens with one attached hydrogen (secondary N) is 1. The third-order valence-electron chi connectivity index (χ3n) is 3.45. The van der Waals surface area contributed by atoms with Crippen LogP contribution >= 0.6 is 0 Å². The Kier molecular flexibility index (Phi) is 6.52. The van der Waals surface area contributed by atoms with Crippen LogP contribution in [0.15, 0.2) is 0 Å². The zero-order valence-electron chi connectivity index (χ0n) is 11.2. The lowest BCUT2D eigenvalue weighted by molar-refractivity contribution is -0.146. The summed E-state index contributed by atoms with van der Waals surface area (Å²) in [7, 11) is 1.45. The van der Waals surface area contributed by atoms with Crippen molar-refractivity contribution in [2.45, 2.75) is 26.7 Å².